The molecule has 0 saturated carbocycles. The predicted octanol–water partition coefficient (Wildman–Crippen LogP) is 1.51. The first-order valence-corrected chi connectivity index (χ1v) is 8.36. The number of ether oxygens (including phenoxy) is 1. The molecule has 5 nitrogen and oxygen atoms in total. The largest absolute Gasteiger partial charge is 0.392 e. The molecule has 1 aliphatic heterocycles. The predicted molar refractivity (Wildman–Crippen MR) is 75.7 cm³/mol. The fourth-order valence-electron chi connectivity index (χ4n) is 2.41. The van der Waals surface area contributed by atoms with Crippen molar-refractivity contribution < 1.29 is 22.7 Å². The summed E-state index contributed by atoms with van der Waals surface area (Å²) in [7, 11) is -3.92. The molecule has 1 N–H and O–H groups in total. The van der Waals surface area contributed by atoms with Gasteiger partial charge in [-0.2, -0.15) is 4.31 Å². The second kappa shape index (κ2) is 6.39. The molecule has 21 heavy (non-hydrogen) atoms. The molecule has 0 radical (unpaired) electrons. The molecule has 7 heteroatoms. The first-order chi connectivity index (χ1) is 9.90. The Balaban J connectivity index is 2.40. The Labute approximate surface area is 124 Å². The van der Waals surface area contributed by atoms with Crippen LogP contribution in [0.15, 0.2) is 23.1 Å². The summed E-state index contributed by atoms with van der Waals surface area (Å²) in [6.45, 7) is 3.86. The van der Waals surface area contributed by atoms with Gasteiger partial charge in [0.2, 0.25) is 10.0 Å². The molecule has 0 spiro atoms. The third-order valence-electron chi connectivity index (χ3n) is 3.65. The quantitative estimate of drug-likeness (QED) is 0.914. The zero-order valence-electron chi connectivity index (χ0n) is 12.1. The highest BCUT2D eigenvalue weighted by atomic mass is 32.2. The fourth-order valence-corrected chi connectivity index (χ4v) is 4.21. The average Bonchev–Trinajstić information content (AvgIpc) is 2.46. The van der Waals surface area contributed by atoms with E-state index in [1.54, 1.807) is 6.92 Å². The lowest BCUT2D eigenvalue weighted by molar-refractivity contribution is -0.0231. The number of rotatable bonds is 4. The maximum atomic E-state index is 14.1. The number of aliphatic hydroxyl groups is 1. The summed E-state index contributed by atoms with van der Waals surface area (Å²) in [5.74, 6) is -0.837. The zero-order chi connectivity index (χ0) is 15.6. The molecule has 0 bridgehead atoms. The van der Waals surface area contributed by atoms with Crippen molar-refractivity contribution in [1.82, 2.24) is 4.31 Å². The highest BCUT2D eigenvalue weighted by molar-refractivity contribution is 7.89. The molecule has 1 aromatic carbocycles. The van der Waals surface area contributed by atoms with Gasteiger partial charge < -0.3 is 9.84 Å². The van der Waals surface area contributed by atoms with Crippen molar-refractivity contribution in [2.24, 2.45) is 0 Å². The van der Waals surface area contributed by atoms with Crippen molar-refractivity contribution in [1.29, 1.82) is 0 Å². The van der Waals surface area contributed by atoms with E-state index in [1.807, 2.05) is 6.92 Å². The van der Waals surface area contributed by atoms with E-state index in [0.717, 1.165) is 6.07 Å². The van der Waals surface area contributed by atoms with Crippen molar-refractivity contribution in [3.8, 4) is 0 Å². The summed E-state index contributed by atoms with van der Waals surface area (Å²) < 4.78 is 46.2. The molecule has 0 aromatic heterocycles. The second-order valence-electron chi connectivity index (χ2n) is 5.20. The molecule has 2 atom stereocenters. The molecule has 1 aromatic rings. The van der Waals surface area contributed by atoms with Crippen molar-refractivity contribution in [2.45, 2.75) is 43.9 Å². The monoisotopic (exact) mass is 317 g/mol. The van der Waals surface area contributed by atoms with Gasteiger partial charge in [0.1, 0.15) is 10.7 Å². The summed E-state index contributed by atoms with van der Waals surface area (Å²) in [6, 6.07) is 3.39. The van der Waals surface area contributed by atoms with Crippen molar-refractivity contribution in [3.63, 3.8) is 0 Å². The van der Waals surface area contributed by atoms with E-state index in [4.69, 9.17) is 9.84 Å². The van der Waals surface area contributed by atoms with E-state index < -0.39 is 15.8 Å². The molecule has 0 amide bonds. The van der Waals surface area contributed by atoms with E-state index in [9.17, 15) is 12.8 Å². The van der Waals surface area contributed by atoms with Crippen LogP contribution < -0.4 is 0 Å². The van der Waals surface area contributed by atoms with Crippen molar-refractivity contribution in [2.75, 3.05) is 13.2 Å². The number of morpholine rings is 1. The average molecular weight is 317 g/mol. The Bertz CT molecular complexity index is 605. The molecular formula is C14H20FNO4S. The van der Waals surface area contributed by atoms with Crippen molar-refractivity contribution in [3.05, 3.63) is 29.6 Å². The molecule has 1 fully saturated rings. The van der Waals surface area contributed by atoms with Gasteiger partial charge in [0, 0.05) is 12.6 Å². The highest BCUT2D eigenvalue weighted by Gasteiger charge is 2.36. The number of nitrogens with zero attached hydrogens (tertiary/aromatic N) is 1. The number of aliphatic hydroxyl groups excluding tert-OH is 1. The van der Waals surface area contributed by atoms with Crippen LogP contribution in [0, 0.1) is 5.82 Å². The lowest BCUT2D eigenvalue weighted by Gasteiger charge is -2.37. The summed E-state index contributed by atoms with van der Waals surface area (Å²) in [5, 5.41) is 8.98. The van der Waals surface area contributed by atoms with Crippen LogP contribution in [-0.2, 0) is 21.4 Å². The van der Waals surface area contributed by atoms with Gasteiger partial charge in [0.05, 0.1) is 19.3 Å². The van der Waals surface area contributed by atoms with Gasteiger partial charge in [-0.25, -0.2) is 12.8 Å². The number of benzene rings is 1. The summed E-state index contributed by atoms with van der Waals surface area (Å²) in [4.78, 5) is -0.354. The Morgan fingerprint density at radius 2 is 2.19 bits per heavy atom. The smallest absolute Gasteiger partial charge is 0.246 e. The van der Waals surface area contributed by atoms with Gasteiger partial charge in [-0.15, -0.1) is 0 Å². The van der Waals surface area contributed by atoms with E-state index in [-0.39, 0.29) is 30.2 Å². The van der Waals surface area contributed by atoms with Crippen LogP contribution in [0.5, 0.6) is 0 Å². The van der Waals surface area contributed by atoms with E-state index in [2.05, 4.69) is 0 Å². The molecule has 118 valence electrons. The van der Waals surface area contributed by atoms with Gasteiger partial charge in [0.25, 0.3) is 0 Å². The molecule has 1 saturated heterocycles. The minimum Gasteiger partial charge on any atom is -0.392 e. The fraction of sp³-hybridized carbons (Fsp3) is 0.571. The lowest BCUT2D eigenvalue weighted by atomic mass is 10.2. The Morgan fingerprint density at radius 3 is 2.76 bits per heavy atom. The van der Waals surface area contributed by atoms with E-state index in [0.29, 0.717) is 18.6 Å². The third kappa shape index (κ3) is 3.26. The molecular weight excluding hydrogens is 297 g/mol. The Morgan fingerprint density at radius 1 is 1.48 bits per heavy atom. The van der Waals surface area contributed by atoms with Gasteiger partial charge in [-0.3, -0.25) is 0 Å². The zero-order valence-corrected chi connectivity index (χ0v) is 12.9. The van der Waals surface area contributed by atoms with Gasteiger partial charge in [-0.1, -0.05) is 13.0 Å². The minimum atomic E-state index is -3.92. The molecule has 2 unspecified atom stereocenters. The first kappa shape index (κ1) is 16.4. The highest BCUT2D eigenvalue weighted by Crippen LogP contribution is 2.26. The summed E-state index contributed by atoms with van der Waals surface area (Å²) in [5.41, 5.74) is 0.342. The van der Waals surface area contributed by atoms with Crippen LogP contribution in [-0.4, -0.2) is 43.1 Å². The van der Waals surface area contributed by atoms with Gasteiger partial charge in [0.15, 0.2) is 0 Å². The van der Waals surface area contributed by atoms with Crippen LogP contribution in [0.3, 0.4) is 0 Å². The standard InChI is InChI=1S/C14H20FNO4S/c1-3-12-9-20-10(2)7-16(12)21(18,19)14-5-4-11(8-17)6-13(14)15/h4-6,10,12,17H,3,7-9H2,1-2H3. The summed E-state index contributed by atoms with van der Waals surface area (Å²) >= 11 is 0. The van der Waals surface area contributed by atoms with Crippen LogP contribution >= 0.6 is 0 Å². The maximum Gasteiger partial charge on any atom is 0.246 e. The first-order valence-electron chi connectivity index (χ1n) is 6.92. The number of hydrogen-bond donors (Lipinski definition) is 1. The lowest BCUT2D eigenvalue weighted by Crippen LogP contribution is -2.51. The van der Waals surface area contributed by atoms with Crippen LogP contribution in [0.4, 0.5) is 4.39 Å². The molecule has 1 aliphatic rings. The van der Waals surface area contributed by atoms with Gasteiger partial charge >= 0.3 is 0 Å². The minimum absolute atomic E-state index is 0.210. The molecule has 2 rings (SSSR count). The normalized spacial score (nSPS) is 24.2. The second-order valence-corrected chi connectivity index (χ2v) is 7.06. The van der Waals surface area contributed by atoms with Crippen LogP contribution in [0.2, 0.25) is 0 Å². The van der Waals surface area contributed by atoms with Crippen LogP contribution in [0.25, 0.3) is 0 Å². The topological polar surface area (TPSA) is 66.8 Å². The molecule has 1 heterocycles. The van der Waals surface area contributed by atoms with E-state index in [1.165, 1.54) is 16.4 Å². The number of halogens is 1. The van der Waals surface area contributed by atoms with Crippen molar-refractivity contribution >= 4 is 10.0 Å². The maximum absolute atomic E-state index is 14.1. The van der Waals surface area contributed by atoms with E-state index >= 15 is 0 Å². The summed E-state index contributed by atoms with van der Waals surface area (Å²) in [6.07, 6.45) is 0.379. The number of sulfonamides is 1. The SMILES string of the molecule is CCC1COC(C)CN1S(=O)(=O)c1ccc(CO)cc1F. The van der Waals surface area contributed by atoms with Crippen LogP contribution in [0.1, 0.15) is 25.8 Å². The Hall–Kier alpha value is -1.02. The third-order valence-corrected chi connectivity index (χ3v) is 5.61. The number of hydrogen-bond acceptors (Lipinski definition) is 4. The molecule has 0 aliphatic carbocycles. The Kier molecular flexibility index (Phi) is 4.98. The van der Waals surface area contributed by atoms with Gasteiger partial charge in [-0.05, 0) is 31.0 Å².